The van der Waals surface area contributed by atoms with E-state index in [2.05, 4.69) is 43.1 Å². The van der Waals surface area contributed by atoms with Crippen LogP contribution in [0.3, 0.4) is 0 Å². The minimum atomic E-state index is 0.282. The molecule has 0 aliphatic heterocycles. The number of ketones is 1. The molecule has 0 saturated carbocycles. The Morgan fingerprint density at radius 1 is 1.31 bits per heavy atom. The van der Waals surface area contributed by atoms with Crippen molar-refractivity contribution in [1.82, 2.24) is 4.90 Å². The molecular formula is C14H21NO. The van der Waals surface area contributed by atoms with E-state index in [1.807, 2.05) is 0 Å². The molecule has 0 unspecified atom stereocenters. The van der Waals surface area contributed by atoms with Crippen molar-refractivity contribution in [2.45, 2.75) is 33.2 Å². The molecule has 2 heteroatoms. The maximum absolute atomic E-state index is 10.8. The molecule has 0 N–H and O–H groups in total. The Morgan fingerprint density at radius 3 is 2.62 bits per heavy atom. The van der Waals surface area contributed by atoms with Crippen LogP contribution in [0.15, 0.2) is 24.3 Å². The maximum atomic E-state index is 10.8. The first-order valence-corrected chi connectivity index (χ1v) is 5.82. The van der Waals surface area contributed by atoms with E-state index < -0.39 is 0 Å². The number of benzene rings is 1. The van der Waals surface area contributed by atoms with Gasteiger partial charge < -0.3 is 9.69 Å². The fourth-order valence-corrected chi connectivity index (χ4v) is 1.76. The van der Waals surface area contributed by atoms with Crippen molar-refractivity contribution in [3.05, 3.63) is 35.4 Å². The number of hydrogen-bond donors (Lipinski definition) is 0. The molecule has 0 aliphatic rings. The van der Waals surface area contributed by atoms with Crippen LogP contribution >= 0.6 is 0 Å². The van der Waals surface area contributed by atoms with Crippen molar-refractivity contribution >= 4 is 5.78 Å². The van der Waals surface area contributed by atoms with Gasteiger partial charge in [-0.15, -0.1) is 0 Å². The number of hydrogen-bond acceptors (Lipinski definition) is 2. The number of carbonyl (C=O) groups excluding carboxylic acids is 1. The Hall–Kier alpha value is -1.15. The zero-order valence-electron chi connectivity index (χ0n) is 10.5. The van der Waals surface area contributed by atoms with E-state index in [0.717, 1.165) is 19.5 Å². The number of carbonyl (C=O) groups is 1. The Morgan fingerprint density at radius 2 is 2.00 bits per heavy atom. The van der Waals surface area contributed by atoms with Gasteiger partial charge >= 0.3 is 0 Å². The van der Waals surface area contributed by atoms with E-state index in [1.54, 1.807) is 6.92 Å². The van der Waals surface area contributed by atoms with Crippen LogP contribution < -0.4 is 0 Å². The fraction of sp³-hybridized carbons (Fsp3) is 0.500. The second-order valence-electron chi connectivity index (χ2n) is 4.47. The Labute approximate surface area is 98.3 Å². The smallest absolute Gasteiger partial charge is 0.129 e. The predicted molar refractivity (Wildman–Crippen MR) is 67.4 cm³/mol. The lowest BCUT2D eigenvalue weighted by Crippen LogP contribution is -2.20. The van der Waals surface area contributed by atoms with E-state index >= 15 is 0 Å². The van der Waals surface area contributed by atoms with Crippen LogP contribution in [-0.4, -0.2) is 24.3 Å². The molecule has 1 aromatic carbocycles. The molecule has 88 valence electrons. The number of Topliss-reactive ketones (excluding diaryl/α,β-unsaturated/α-hetero) is 1. The molecule has 0 radical (unpaired) electrons. The summed E-state index contributed by atoms with van der Waals surface area (Å²) < 4.78 is 0. The number of aryl methyl sites for hydroxylation is 1. The highest BCUT2D eigenvalue weighted by Crippen LogP contribution is 2.09. The molecule has 1 aromatic rings. The quantitative estimate of drug-likeness (QED) is 0.733. The molecular weight excluding hydrogens is 198 g/mol. The summed E-state index contributed by atoms with van der Waals surface area (Å²) in [5.74, 6) is 0.282. The standard InChI is InChI=1S/C14H21NO/c1-12-7-4-5-9-14(12)11-15(3)10-6-8-13(2)16/h4-5,7,9H,6,8,10-11H2,1-3H3. The largest absolute Gasteiger partial charge is 0.302 e. The lowest BCUT2D eigenvalue weighted by atomic mass is 10.1. The molecule has 2 nitrogen and oxygen atoms in total. The van der Waals surface area contributed by atoms with E-state index in [9.17, 15) is 4.79 Å². The normalized spacial score (nSPS) is 10.8. The Bertz CT molecular complexity index is 346. The second kappa shape index (κ2) is 6.44. The summed E-state index contributed by atoms with van der Waals surface area (Å²) in [5, 5.41) is 0. The highest BCUT2D eigenvalue weighted by atomic mass is 16.1. The molecule has 0 aliphatic carbocycles. The summed E-state index contributed by atoms with van der Waals surface area (Å²) in [6.45, 7) is 5.73. The first-order chi connectivity index (χ1) is 7.59. The average molecular weight is 219 g/mol. The molecule has 0 heterocycles. The predicted octanol–water partition coefficient (Wildman–Crippen LogP) is 2.80. The maximum Gasteiger partial charge on any atom is 0.129 e. The van der Waals surface area contributed by atoms with E-state index in [0.29, 0.717) is 6.42 Å². The summed E-state index contributed by atoms with van der Waals surface area (Å²) in [6.07, 6.45) is 1.65. The fourth-order valence-electron chi connectivity index (χ4n) is 1.76. The SMILES string of the molecule is CC(=O)CCCN(C)Cc1ccccc1C. The summed E-state index contributed by atoms with van der Waals surface area (Å²) in [6, 6.07) is 8.44. The number of nitrogens with zero attached hydrogens (tertiary/aromatic N) is 1. The van der Waals surface area contributed by atoms with E-state index in [1.165, 1.54) is 11.1 Å². The number of rotatable bonds is 6. The van der Waals surface area contributed by atoms with Crippen LogP contribution in [0.1, 0.15) is 30.9 Å². The third-order valence-corrected chi connectivity index (χ3v) is 2.77. The molecule has 0 spiro atoms. The van der Waals surface area contributed by atoms with Crippen molar-refractivity contribution in [2.24, 2.45) is 0 Å². The van der Waals surface area contributed by atoms with Crippen LogP contribution in [0, 0.1) is 6.92 Å². The van der Waals surface area contributed by atoms with Gasteiger partial charge in [-0.3, -0.25) is 0 Å². The highest BCUT2D eigenvalue weighted by Gasteiger charge is 2.03. The van der Waals surface area contributed by atoms with Gasteiger partial charge in [-0.1, -0.05) is 24.3 Å². The van der Waals surface area contributed by atoms with Gasteiger partial charge in [-0.05, 0) is 45.0 Å². The van der Waals surface area contributed by atoms with Crippen LogP contribution in [0.25, 0.3) is 0 Å². The Balaban J connectivity index is 2.37. The summed E-state index contributed by atoms with van der Waals surface area (Å²) >= 11 is 0. The van der Waals surface area contributed by atoms with Crippen molar-refractivity contribution in [3.63, 3.8) is 0 Å². The van der Waals surface area contributed by atoms with Gasteiger partial charge in [0.15, 0.2) is 0 Å². The van der Waals surface area contributed by atoms with Gasteiger partial charge in [0, 0.05) is 13.0 Å². The first-order valence-electron chi connectivity index (χ1n) is 5.82. The van der Waals surface area contributed by atoms with Gasteiger partial charge in [-0.2, -0.15) is 0 Å². The van der Waals surface area contributed by atoms with Crippen molar-refractivity contribution in [3.8, 4) is 0 Å². The average Bonchev–Trinajstić information content (AvgIpc) is 2.21. The van der Waals surface area contributed by atoms with Crippen LogP contribution in [0.4, 0.5) is 0 Å². The topological polar surface area (TPSA) is 20.3 Å². The molecule has 16 heavy (non-hydrogen) atoms. The lowest BCUT2D eigenvalue weighted by molar-refractivity contribution is -0.117. The highest BCUT2D eigenvalue weighted by molar-refractivity contribution is 5.75. The first kappa shape index (κ1) is 12.9. The van der Waals surface area contributed by atoms with E-state index in [4.69, 9.17) is 0 Å². The molecule has 0 bridgehead atoms. The molecule has 0 saturated heterocycles. The van der Waals surface area contributed by atoms with Crippen molar-refractivity contribution in [2.75, 3.05) is 13.6 Å². The summed E-state index contributed by atoms with van der Waals surface area (Å²) in [5.41, 5.74) is 2.70. The van der Waals surface area contributed by atoms with Crippen molar-refractivity contribution in [1.29, 1.82) is 0 Å². The molecule has 0 amide bonds. The van der Waals surface area contributed by atoms with Gasteiger partial charge in [0.25, 0.3) is 0 Å². The van der Waals surface area contributed by atoms with Gasteiger partial charge in [0.05, 0.1) is 0 Å². The molecule has 0 atom stereocenters. The van der Waals surface area contributed by atoms with Crippen LogP contribution in [0.2, 0.25) is 0 Å². The van der Waals surface area contributed by atoms with E-state index in [-0.39, 0.29) is 5.78 Å². The molecule has 0 aromatic heterocycles. The van der Waals surface area contributed by atoms with Crippen molar-refractivity contribution < 1.29 is 4.79 Å². The summed E-state index contributed by atoms with van der Waals surface area (Å²) in [7, 11) is 2.10. The van der Waals surface area contributed by atoms with Gasteiger partial charge in [0.1, 0.15) is 5.78 Å². The van der Waals surface area contributed by atoms with Gasteiger partial charge in [-0.25, -0.2) is 0 Å². The molecule has 1 rings (SSSR count). The third kappa shape index (κ3) is 4.58. The lowest BCUT2D eigenvalue weighted by Gasteiger charge is -2.17. The zero-order chi connectivity index (χ0) is 12.0. The molecule has 0 fully saturated rings. The monoisotopic (exact) mass is 219 g/mol. The van der Waals surface area contributed by atoms with Crippen LogP contribution in [-0.2, 0) is 11.3 Å². The minimum absolute atomic E-state index is 0.282. The Kier molecular flexibility index (Phi) is 5.20. The van der Waals surface area contributed by atoms with Gasteiger partial charge in [0.2, 0.25) is 0 Å². The second-order valence-corrected chi connectivity index (χ2v) is 4.47. The summed E-state index contributed by atoms with van der Waals surface area (Å²) in [4.78, 5) is 13.1. The third-order valence-electron chi connectivity index (χ3n) is 2.77. The minimum Gasteiger partial charge on any atom is -0.302 e. The van der Waals surface area contributed by atoms with Crippen LogP contribution in [0.5, 0.6) is 0 Å². The zero-order valence-corrected chi connectivity index (χ0v) is 10.5.